The van der Waals surface area contributed by atoms with E-state index >= 15 is 0 Å². The number of rotatable bonds is 3. The number of hydrogen-bond donors (Lipinski definition) is 1. The molecule has 0 atom stereocenters. The van der Waals surface area contributed by atoms with Crippen molar-refractivity contribution >= 4 is 23.1 Å². The molecule has 1 aromatic carbocycles. The summed E-state index contributed by atoms with van der Waals surface area (Å²) in [6.07, 6.45) is 2.41. The third kappa shape index (κ3) is 4.00. The van der Waals surface area contributed by atoms with E-state index in [-0.39, 0.29) is 22.1 Å². The highest BCUT2D eigenvalue weighted by molar-refractivity contribution is 7.80. The average Bonchev–Trinajstić information content (AvgIpc) is 2.53. The number of benzene rings is 1. The molecule has 1 saturated heterocycles. The number of halogens is 1. The first kappa shape index (κ1) is 15.9. The van der Waals surface area contributed by atoms with E-state index in [1.807, 2.05) is 4.90 Å². The van der Waals surface area contributed by atoms with Gasteiger partial charge in [0.2, 0.25) is 5.91 Å². The van der Waals surface area contributed by atoms with Gasteiger partial charge in [0, 0.05) is 25.1 Å². The summed E-state index contributed by atoms with van der Waals surface area (Å²) in [6, 6.07) is 4.38. The molecule has 2 N–H and O–H groups in total. The van der Waals surface area contributed by atoms with Gasteiger partial charge in [-0.3, -0.25) is 4.79 Å². The number of likely N-dealkylation sites (tertiary alicyclic amines) is 1. The van der Waals surface area contributed by atoms with Crippen molar-refractivity contribution in [3.63, 3.8) is 0 Å². The smallest absolute Gasteiger partial charge is 0.222 e. The summed E-state index contributed by atoms with van der Waals surface area (Å²) < 4.78 is 13.3. The standard InChI is InChI=1S/C16H21FN2OS/c1-16(2)6-5-14(20)19(8-7-16)10-11-3-4-12(17)9-13(11)15(18)21/h3-4,9H,5-8,10H2,1-2H3,(H2,18,21). The van der Waals surface area contributed by atoms with E-state index < -0.39 is 0 Å². The zero-order chi connectivity index (χ0) is 15.6. The van der Waals surface area contributed by atoms with Crippen molar-refractivity contribution < 1.29 is 9.18 Å². The molecule has 0 saturated carbocycles. The second-order valence-electron chi connectivity index (χ2n) is 6.40. The molecule has 114 valence electrons. The minimum absolute atomic E-state index is 0.138. The fraction of sp³-hybridized carbons (Fsp3) is 0.500. The molecule has 0 aromatic heterocycles. The largest absolute Gasteiger partial charge is 0.389 e. The predicted molar refractivity (Wildman–Crippen MR) is 85.3 cm³/mol. The van der Waals surface area contributed by atoms with Crippen LogP contribution in [0.2, 0.25) is 0 Å². The minimum atomic E-state index is -0.370. The van der Waals surface area contributed by atoms with Crippen LogP contribution < -0.4 is 5.73 Å². The Labute approximate surface area is 130 Å². The lowest BCUT2D eigenvalue weighted by atomic mass is 9.85. The van der Waals surface area contributed by atoms with Crippen LogP contribution in [0.3, 0.4) is 0 Å². The summed E-state index contributed by atoms with van der Waals surface area (Å²) in [4.78, 5) is 14.2. The first-order chi connectivity index (χ1) is 9.78. The van der Waals surface area contributed by atoms with Gasteiger partial charge >= 0.3 is 0 Å². The molecule has 0 spiro atoms. The highest BCUT2D eigenvalue weighted by Crippen LogP contribution is 2.31. The highest BCUT2D eigenvalue weighted by atomic mass is 32.1. The molecule has 21 heavy (non-hydrogen) atoms. The van der Waals surface area contributed by atoms with Gasteiger partial charge in [-0.25, -0.2) is 4.39 Å². The van der Waals surface area contributed by atoms with Crippen LogP contribution in [0.15, 0.2) is 18.2 Å². The van der Waals surface area contributed by atoms with Gasteiger partial charge < -0.3 is 10.6 Å². The first-order valence-corrected chi connectivity index (χ1v) is 7.55. The van der Waals surface area contributed by atoms with Crippen molar-refractivity contribution in [1.29, 1.82) is 0 Å². The molecule has 3 nitrogen and oxygen atoms in total. The fourth-order valence-electron chi connectivity index (χ4n) is 2.58. The Morgan fingerprint density at radius 2 is 2.14 bits per heavy atom. The molecule has 1 aliphatic heterocycles. The van der Waals surface area contributed by atoms with E-state index in [1.54, 1.807) is 6.07 Å². The second kappa shape index (κ2) is 6.10. The lowest BCUT2D eigenvalue weighted by Gasteiger charge is -2.24. The minimum Gasteiger partial charge on any atom is -0.389 e. The van der Waals surface area contributed by atoms with E-state index in [9.17, 15) is 9.18 Å². The van der Waals surface area contributed by atoms with Crippen molar-refractivity contribution in [2.45, 2.75) is 39.7 Å². The maximum Gasteiger partial charge on any atom is 0.222 e. The second-order valence-corrected chi connectivity index (χ2v) is 6.84. The van der Waals surface area contributed by atoms with Gasteiger partial charge in [0.05, 0.1) is 0 Å². The molecule has 1 amide bonds. The van der Waals surface area contributed by atoms with Gasteiger partial charge in [-0.2, -0.15) is 0 Å². The van der Waals surface area contributed by atoms with E-state index in [2.05, 4.69) is 13.8 Å². The molecule has 0 bridgehead atoms. The summed E-state index contributed by atoms with van der Waals surface area (Å²) in [5, 5.41) is 0. The van der Waals surface area contributed by atoms with Crippen molar-refractivity contribution in [1.82, 2.24) is 4.90 Å². The Bertz CT molecular complexity index is 571. The Kier molecular flexibility index (Phi) is 4.61. The van der Waals surface area contributed by atoms with Crippen molar-refractivity contribution in [2.75, 3.05) is 6.54 Å². The summed E-state index contributed by atoms with van der Waals surface area (Å²) in [5.74, 6) is -0.233. The molecule has 5 heteroatoms. The van der Waals surface area contributed by atoms with Gasteiger partial charge in [-0.05, 0) is 36.0 Å². The maximum atomic E-state index is 13.3. The molecule has 1 heterocycles. The number of carbonyl (C=O) groups excluding carboxylic acids is 1. The van der Waals surface area contributed by atoms with Crippen LogP contribution in [0, 0.1) is 11.2 Å². The lowest BCUT2D eigenvalue weighted by Crippen LogP contribution is -2.31. The van der Waals surface area contributed by atoms with Crippen LogP contribution in [0.4, 0.5) is 4.39 Å². The van der Waals surface area contributed by atoms with Crippen LogP contribution in [0.1, 0.15) is 44.2 Å². The van der Waals surface area contributed by atoms with Crippen LogP contribution >= 0.6 is 12.2 Å². The number of nitrogens with two attached hydrogens (primary N) is 1. The monoisotopic (exact) mass is 308 g/mol. The Morgan fingerprint density at radius 1 is 1.43 bits per heavy atom. The molecular formula is C16H21FN2OS. The number of nitrogens with zero attached hydrogens (tertiary/aromatic N) is 1. The number of hydrogen-bond acceptors (Lipinski definition) is 2. The summed E-state index contributed by atoms with van der Waals surface area (Å²) in [5.41, 5.74) is 7.16. The van der Waals surface area contributed by atoms with Gasteiger partial charge in [-0.15, -0.1) is 0 Å². The van der Waals surface area contributed by atoms with Gasteiger partial charge in [-0.1, -0.05) is 32.1 Å². The van der Waals surface area contributed by atoms with Gasteiger partial charge in [0.25, 0.3) is 0 Å². The van der Waals surface area contributed by atoms with E-state index in [0.717, 1.165) is 18.4 Å². The molecule has 1 aliphatic rings. The molecule has 0 aliphatic carbocycles. The molecule has 2 rings (SSSR count). The summed E-state index contributed by atoms with van der Waals surface area (Å²) in [6.45, 7) is 5.51. The van der Waals surface area contributed by atoms with Crippen LogP contribution in [0.25, 0.3) is 0 Å². The van der Waals surface area contributed by atoms with E-state index in [0.29, 0.717) is 25.1 Å². The van der Waals surface area contributed by atoms with E-state index in [4.69, 9.17) is 18.0 Å². The topological polar surface area (TPSA) is 46.3 Å². The normalized spacial score (nSPS) is 18.4. The van der Waals surface area contributed by atoms with E-state index in [1.165, 1.54) is 12.1 Å². The fourth-order valence-corrected chi connectivity index (χ4v) is 2.77. The maximum absolute atomic E-state index is 13.3. The predicted octanol–water partition coefficient (Wildman–Crippen LogP) is 3.00. The third-order valence-electron chi connectivity index (χ3n) is 4.13. The molecule has 1 fully saturated rings. The summed E-state index contributed by atoms with van der Waals surface area (Å²) in [7, 11) is 0. The zero-order valence-corrected chi connectivity index (χ0v) is 13.3. The molecule has 1 aromatic rings. The third-order valence-corrected chi connectivity index (χ3v) is 4.35. The molecule has 0 unspecified atom stereocenters. The Balaban J connectivity index is 2.21. The summed E-state index contributed by atoms with van der Waals surface area (Å²) >= 11 is 4.98. The number of amides is 1. The van der Waals surface area contributed by atoms with Crippen molar-refractivity contribution in [3.8, 4) is 0 Å². The van der Waals surface area contributed by atoms with Crippen LogP contribution in [-0.4, -0.2) is 22.3 Å². The molecule has 0 radical (unpaired) electrons. The van der Waals surface area contributed by atoms with Crippen LogP contribution in [0.5, 0.6) is 0 Å². The van der Waals surface area contributed by atoms with Crippen molar-refractivity contribution in [2.24, 2.45) is 11.1 Å². The average molecular weight is 308 g/mol. The van der Waals surface area contributed by atoms with Gasteiger partial charge in [0.1, 0.15) is 10.8 Å². The number of carbonyl (C=O) groups is 1. The number of thiocarbonyl (C=S) groups is 1. The first-order valence-electron chi connectivity index (χ1n) is 7.14. The lowest BCUT2D eigenvalue weighted by molar-refractivity contribution is -0.131. The highest BCUT2D eigenvalue weighted by Gasteiger charge is 2.27. The van der Waals surface area contributed by atoms with Gasteiger partial charge in [0.15, 0.2) is 0 Å². The van der Waals surface area contributed by atoms with Crippen LogP contribution in [-0.2, 0) is 11.3 Å². The molecular weight excluding hydrogens is 287 g/mol. The zero-order valence-electron chi connectivity index (χ0n) is 12.5. The Hall–Kier alpha value is -1.49. The SMILES string of the molecule is CC1(C)CCC(=O)N(Cc2ccc(F)cc2C(N)=S)CC1. The quantitative estimate of drug-likeness (QED) is 0.873. The van der Waals surface area contributed by atoms with Crippen molar-refractivity contribution in [3.05, 3.63) is 35.1 Å². The Morgan fingerprint density at radius 3 is 2.81 bits per heavy atom.